The highest BCUT2D eigenvalue weighted by Gasteiger charge is 2.51. The normalized spacial score (nSPS) is 30.1. The van der Waals surface area contributed by atoms with Crippen LogP contribution in [0.2, 0.25) is 0 Å². The van der Waals surface area contributed by atoms with Gasteiger partial charge in [0.05, 0.1) is 6.61 Å². The number of ether oxygens (including phenoxy) is 2. The van der Waals surface area contributed by atoms with Gasteiger partial charge in [-0.25, -0.2) is 14.8 Å². The van der Waals surface area contributed by atoms with Crippen LogP contribution >= 0.6 is 0 Å². The van der Waals surface area contributed by atoms with Crippen LogP contribution in [0.25, 0.3) is 0 Å². The van der Waals surface area contributed by atoms with Crippen LogP contribution in [0.1, 0.15) is 53.3 Å². The Bertz CT molecular complexity index is 1140. The summed E-state index contributed by atoms with van der Waals surface area (Å²) < 4.78 is 52.9. The third kappa shape index (κ3) is 5.46. The quantitative estimate of drug-likeness (QED) is 0.545. The second kappa shape index (κ2) is 10.3. The number of carbonyl (C=O) groups excluding carboxylic acids is 2. The molecular formula is C27H39F3N6O4. The highest BCUT2D eigenvalue weighted by molar-refractivity contribution is 5.89. The molecule has 40 heavy (non-hydrogen) atoms. The van der Waals surface area contributed by atoms with Crippen LogP contribution in [0, 0.1) is 5.92 Å². The standard InChI is InChI=1S/C27H39F3N6O4/c1-17-15-35(8-7-26(17)20(37)6-13-39-26)21-14-22(32-23(31-21)27(28,29)30)36-16-19(18(36)2)33-9-11-34(12-10-33)24(38)40-25(3,4)5/h14,17-19H,6-13,15-16H2,1-5H3/t17?,18-,19-,26?/m1/s1. The van der Waals surface area contributed by atoms with Gasteiger partial charge in [0.1, 0.15) is 22.8 Å². The number of rotatable bonds is 3. The van der Waals surface area contributed by atoms with E-state index in [0.717, 1.165) is 0 Å². The molecule has 222 valence electrons. The van der Waals surface area contributed by atoms with Crippen LogP contribution < -0.4 is 9.80 Å². The second-order valence-electron chi connectivity index (χ2n) is 12.4. The Hall–Kier alpha value is -2.67. The van der Waals surface area contributed by atoms with Crippen molar-refractivity contribution < 1.29 is 32.2 Å². The molecule has 4 aliphatic heterocycles. The summed E-state index contributed by atoms with van der Waals surface area (Å²) in [5.41, 5.74) is -1.40. The zero-order valence-corrected chi connectivity index (χ0v) is 23.8. The van der Waals surface area contributed by atoms with Gasteiger partial charge in [-0.05, 0) is 27.7 Å². The van der Waals surface area contributed by atoms with E-state index in [9.17, 15) is 22.8 Å². The van der Waals surface area contributed by atoms with E-state index in [-0.39, 0.29) is 41.5 Å². The van der Waals surface area contributed by atoms with Gasteiger partial charge < -0.3 is 24.2 Å². The highest BCUT2D eigenvalue weighted by atomic mass is 19.4. The number of halogens is 3. The predicted octanol–water partition coefficient (Wildman–Crippen LogP) is 3.20. The topological polar surface area (TPSA) is 91.3 Å². The number of hydrogen-bond acceptors (Lipinski definition) is 9. The van der Waals surface area contributed by atoms with Crippen molar-refractivity contribution >= 4 is 23.5 Å². The zero-order valence-electron chi connectivity index (χ0n) is 23.8. The van der Waals surface area contributed by atoms with Crippen LogP contribution in [0.5, 0.6) is 0 Å². The van der Waals surface area contributed by atoms with Gasteiger partial charge in [0.25, 0.3) is 0 Å². The van der Waals surface area contributed by atoms with E-state index in [4.69, 9.17) is 9.47 Å². The summed E-state index contributed by atoms with van der Waals surface area (Å²) in [6.07, 6.45) is -4.22. The number of amides is 1. The molecule has 0 aromatic carbocycles. The van der Waals surface area contributed by atoms with Crippen LogP contribution in [-0.2, 0) is 20.4 Å². The summed E-state index contributed by atoms with van der Waals surface area (Å²) in [6.45, 7) is 13.5. The maximum Gasteiger partial charge on any atom is 0.451 e. The number of carbonyl (C=O) groups is 2. The summed E-state index contributed by atoms with van der Waals surface area (Å²) in [5, 5.41) is 0. The van der Waals surface area contributed by atoms with Gasteiger partial charge in [0.15, 0.2) is 5.78 Å². The molecule has 4 atom stereocenters. The van der Waals surface area contributed by atoms with Crippen molar-refractivity contribution in [3.63, 3.8) is 0 Å². The van der Waals surface area contributed by atoms with Gasteiger partial charge in [0.2, 0.25) is 5.82 Å². The largest absolute Gasteiger partial charge is 0.451 e. The van der Waals surface area contributed by atoms with Crippen LogP contribution in [0.3, 0.4) is 0 Å². The highest BCUT2D eigenvalue weighted by Crippen LogP contribution is 2.40. The molecule has 0 N–H and O–H groups in total. The first-order valence-corrected chi connectivity index (χ1v) is 14.0. The molecule has 0 aliphatic carbocycles. The molecule has 1 aromatic heterocycles. The molecular weight excluding hydrogens is 529 g/mol. The lowest BCUT2D eigenvalue weighted by Crippen LogP contribution is -2.68. The molecule has 1 spiro atoms. The summed E-state index contributed by atoms with van der Waals surface area (Å²) in [4.78, 5) is 40.4. The lowest BCUT2D eigenvalue weighted by atomic mass is 9.79. The summed E-state index contributed by atoms with van der Waals surface area (Å²) in [5.74, 6) is -0.800. The number of Topliss-reactive ketones (excluding diaryl/α,β-unsaturated/α-hetero) is 1. The molecule has 1 amide bonds. The average molecular weight is 569 g/mol. The van der Waals surface area contributed by atoms with Crippen LogP contribution in [0.4, 0.5) is 29.6 Å². The minimum absolute atomic E-state index is 0.0648. The number of aromatic nitrogens is 2. The third-order valence-electron chi connectivity index (χ3n) is 8.64. The third-order valence-corrected chi connectivity index (χ3v) is 8.64. The maximum atomic E-state index is 13.9. The molecule has 0 bridgehead atoms. The first kappa shape index (κ1) is 28.8. The molecule has 13 heteroatoms. The molecule has 4 aliphatic rings. The van der Waals surface area contributed by atoms with Gasteiger partial charge in [-0.2, -0.15) is 13.2 Å². The number of nitrogens with zero attached hydrogens (tertiary/aromatic N) is 6. The molecule has 1 aromatic rings. The van der Waals surface area contributed by atoms with Gasteiger partial charge in [-0.15, -0.1) is 0 Å². The van der Waals surface area contributed by atoms with E-state index in [1.165, 1.54) is 0 Å². The Labute approximate surface area is 232 Å². The molecule has 4 fully saturated rings. The summed E-state index contributed by atoms with van der Waals surface area (Å²) in [6, 6.07) is 1.70. The number of piperidine rings is 1. The Morgan fingerprint density at radius 2 is 1.73 bits per heavy atom. The van der Waals surface area contributed by atoms with Crippen molar-refractivity contribution in [3.05, 3.63) is 11.9 Å². The molecule has 5 rings (SSSR count). The van der Waals surface area contributed by atoms with Gasteiger partial charge >= 0.3 is 12.3 Å². The van der Waals surface area contributed by atoms with Crippen molar-refractivity contribution in [2.24, 2.45) is 5.92 Å². The van der Waals surface area contributed by atoms with Crippen molar-refractivity contribution in [3.8, 4) is 0 Å². The smallest absolute Gasteiger partial charge is 0.444 e. The number of hydrogen-bond donors (Lipinski definition) is 0. The SMILES string of the molecule is CC1CN(c2cc(N3C[C@@H](N4CCN(C(=O)OC(C)(C)C)CC4)[C@H]3C)nc(C(F)(F)F)n2)CCC12OCCC2=O. The van der Waals surface area contributed by atoms with E-state index in [1.807, 2.05) is 44.4 Å². The first-order chi connectivity index (χ1) is 18.7. The van der Waals surface area contributed by atoms with Gasteiger partial charge in [-0.1, -0.05) is 6.92 Å². The lowest BCUT2D eigenvalue weighted by Gasteiger charge is -2.53. The fourth-order valence-electron chi connectivity index (χ4n) is 6.30. The van der Waals surface area contributed by atoms with Crippen LogP contribution in [0.15, 0.2) is 6.07 Å². The van der Waals surface area contributed by atoms with Crippen molar-refractivity contribution in [1.82, 2.24) is 19.8 Å². The molecule has 0 radical (unpaired) electrons. The Morgan fingerprint density at radius 1 is 1.05 bits per heavy atom. The first-order valence-electron chi connectivity index (χ1n) is 14.0. The second-order valence-corrected chi connectivity index (χ2v) is 12.4. The van der Waals surface area contributed by atoms with Gasteiger partial charge in [0, 0.05) is 82.7 Å². The van der Waals surface area contributed by atoms with E-state index in [2.05, 4.69) is 14.9 Å². The van der Waals surface area contributed by atoms with Crippen LogP contribution in [-0.4, -0.2) is 107 Å². The van der Waals surface area contributed by atoms with Crippen molar-refractivity contribution in [2.75, 3.05) is 62.2 Å². The van der Waals surface area contributed by atoms with E-state index < -0.39 is 23.2 Å². The Morgan fingerprint density at radius 3 is 2.27 bits per heavy atom. The summed E-state index contributed by atoms with van der Waals surface area (Å²) >= 11 is 0. The minimum Gasteiger partial charge on any atom is -0.444 e. The maximum absolute atomic E-state index is 13.9. The Balaban J connectivity index is 1.26. The molecule has 10 nitrogen and oxygen atoms in total. The minimum atomic E-state index is -4.69. The number of anilines is 2. The number of piperazine rings is 1. The van der Waals surface area contributed by atoms with Crippen molar-refractivity contribution in [2.45, 2.75) is 76.9 Å². The number of ketones is 1. The van der Waals surface area contributed by atoms with E-state index in [0.29, 0.717) is 65.3 Å². The van der Waals surface area contributed by atoms with E-state index >= 15 is 0 Å². The Kier molecular flexibility index (Phi) is 7.43. The molecule has 4 saturated heterocycles. The fourth-order valence-corrected chi connectivity index (χ4v) is 6.30. The fraction of sp³-hybridized carbons (Fsp3) is 0.778. The van der Waals surface area contributed by atoms with Gasteiger partial charge in [-0.3, -0.25) is 9.69 Å². The zero-order chi connectivity index (χ0) is 29.0. The molecule has 0 saturated carbocycles. The molecule has 2 unspecified atom stereocenters. The average Bonchev–Trinajstić information content (AvgIpc) is 3.24. The summed E-state index contributed by atoms with van der Waals surface area (Å²) in [7, 11) is 0. The predicted molar refractivity (Wildman–Crippen MR) is 141 cm³/mol. The van der Waals surface area contributed by atoms with E-state index in [1.54, 1.807) is 11.0 Å². The van der Waals surface area contributed by atoms with Crippen molar-refractivity contribution in [1.29, 1.82) is 0 Å². The number of alkyl halides is 3. The lowest BCUT2D eigenvalue weighted by molar-refractivity contribution is -0.144. The molecule has 5 heterocycles. The monoisotopic (exact) mass is 568 g/mol.